The van der Waals surface area contributed by atoms with E-state index < -0.39 is 0 Å². The Labute approximate surface area is 91.2 Å². The van der Waals surface area contributed by atoms with E-state index in [1.165, 1.54) is 12.8 Å². The highest BCUT2D eigenvalue weighted by Crippen LogP contribution is 2.18. The van der Waals surface area contributed by atoms with Gasteiger partial charge in [-0.05, 0) is 25.7 Å². The van der Waals surface area contributed by atoms with E-state index in [2.05, 4.69) is 5.32 Å². The second-order valence-electron chi connectivity index (χ2n) is 4.76. The van der Waals surface area contributed by atoms with E-state index in [1.807, 2.05) is 4.90 Å². The summed E-state index contributed by atoms with van der Waals surface area (Å²) in [4.78, 5) is 13.7. The number of nitrogens with two attached hydrogens (primary N) is 1. The van der Waals surface area contributed by atoms with Crippen LogP contribution < -0.4 is 11.1 Å². The second kappa shape index (κ2) is 4.84. The summed E-state index contributed by atoms with van der Waals surface area (Å²) < 4.78 is 0. The van der Waals surface area contributed by atoms with E-state index in [1.54, 1.807) is 0 Å². The monoisotopic (exact) mass is 211 g/mol. The largest absolute Gasteiger partial charge is 0.335 e. The molecule has 86 valence electrons. The molecule has 2 rings (SSSR count). The van der Waals surface area contributed by atoms with Gasteiger partial charge in [0.05, 0.1) is 0 Å². The summed E-state index contributed by atoms with van der Waals surface area (Å²) in [5, 5.41) is 3.11. The number of hydrogen-bond donors (Lipinski definition) is 2. The lowest BCUT2D eigenvalue weighted by Crippen LogP contribution is -2.49. The van der Waals surface area contributed by atoms with Crippen molar-refractivity contribution in [2.75, 3.05) is 13.1 Å². The number of urea groups is 1. The Bertz CT molecular complexity index is 218. The van der Waals surface area contributed by atoms with E-state index in [0.717, 1.165) is 38.8 Å². The number of carbonyl (C=O) groups excluding carboxylic acids is 1. The van der Waals surface area contributed by atoms with Crippen molar-refractivity contribution < 1.29 is 4.79 Å². The SMILES string of the molecule is NC1CCN(C(=O)NC2CCCC2)CC1. The molecule has 3 N–H and O–H groups in total. The van der Waals surface area contributed by atoms with E-state index in [0.29, 0.717) is 12.1 Å². The average Bonchev–Trinajstić information content (AvgIpc) is 2.71. The van der Waals surface area contributed by atoms with Gasteiger partial charge in [0.2, 0.25) is 0 Å². The summed E-state index contributed by atoms with van der Waals surface area (Å²) in [5.74, 6) is 0. The van der Waals surface area contributed by atoms with Crippen molar-refractivity contribution in [1.29, 1.82) is 0 Å². The van der Waals surface area contributed by atoms with Crippen LogP contribution in [0.3, 0.4) is 0 Å². The first-order valence-corrected chi connectivity index (χ1v) is 6.07. The van der Waals surface area contributed by atoms with Gasteiger partial charge in [-0.25, -0.2) is 4.79 Å². The summed E-state index contributed by atoms with van der Waals surface area (Å²) in [6, 6.07) is 0.836. The summed E-state index contributed by atoms with van der Waals surface area (Å²) in [6.45, 7) is 1.64. The molecule has 1 aliphatic carbocycles. The molecule has 0 unspecified atom stereocenters. The summed E-state index contributed by atoms with van der Waals surface area (Å²) in [5.41, 5.74) is 5.80. The molecule has 1 heterocycles. The number of nitrogens with one attached hydrogen (secondary N) is 1. The van der Waals surface area contributed by atoms with Crippen molar-refractivity contribution in [3.8, 4) is 0 Å². The molecule has 2 aliphatic rings. The fourth-order valence-corrected chi connectivity index (χ4v) is 2.44. The third-order valence-electron chi connectivity index (χ3n) is 3.51. The van der Waals surface area contributed by atoms with Crippen molar-refractivity contribution in [3.63, 3.8) is 0 Å². The number of hydrogen-bond acceptors (Lipinski definition) is 2. The molecule has 1 saturated heterocycles. The molecule has 0 aromatic rings. The van der Waals surface area contributed by atoms with E-state index in [9.17, 15) is 4.79 Å². The van der Waals surface area contributed by atoms with Gasteiger partial charge in [0.25, 0.3) is 0 Å². The zero-order valence-electron chi connectivity index (χ0n) is 9.24. The number of amides is 2. The molecule has 2 fully saturated rings. The quantitative estimate of drug-likeness (QED) is 0.681. The van der Waals surface area contributed by atoms with Gasteiger partial charge in [-0.3, -0.25) is 0 Å². The molecule has 2 amide bonds. The molecule has 0 atom stereocenters. The van der Waals surface area contributed by atoms with Crippen LogP contribution in [-0.2, 0) is 0 Å². The Balaban J connectivity index is 1.75. The van der Waals surface area contributed by atoms with Crippen LogP contribution in [0, 0.1) is 0 Å². The Morgan fingerprint density at radius 3 is 2.33 bits per heavy atom. The van der Waals surface area contributed by atoms with Crippen LogP contribution >= 0.6 is 0 Å². The van der Waals surface area contributed by atoms with Gasteiger partial charge in [0, 0.05) is 25.2 Å². The second-order valence-corrected chi connectivity index (χ2v) is 4.76. The first kappa shape index (κ1) is 10.7. The molecular formula is C11H21N3O. The number of piperidine rings is 1. The molecule has 15 heavy (non-hydrogen) atoms. The zero-order valence-corrected chi connectivity index (χ0v) is 9.24. The first-order chi connectivity index (χ1) is 7.25. The lowest BCUT2D eigenvalue weighted by Gasteiger charge is -2.31. The van der Waals surface area contributed by atoms with Crippen LogP contribution in [0.25, 0.3) is 0 Å². The van der Waals surface area contributed by atoms with Gasteiger partial charge >= 0.3 is 6.03 Å². The van der Waals surface area contributed by atoms with Crippen molar-refractivity contribution in [3.05, 3.63) is 0 Å². The molecular weight excluding hydrogens is 190 g/mol. The minimum atomic E-state index is 0.119. The maximum atomic E-state index is 11.8. The van der Waals surface area contributed by atoms with E-state index >= 15 is 0 Å². The summed E-state index contributed by atoms with van der Waals surface area (Å²) >= 11 is 0. The molecule has 0 aromatic heterocycles. The van der Waals surface area contributed by atoms with Crippen molar-refractivity contribution in [2.45, 2.75) is 50.6 Å². The third-order valence-corrected chi connectivity index (χ3v) is 3.51. The smallest absolute Gasteiger partial charge is 0.317 e. The fourth-order valence-electron chi connectivity index (χ4n) is 2.44. The van der Waals surface area contributed by atoms with Crippen LogP contribution in [-0.4, -0.2) is 36.1 Å². The lowest BCUT2D eigenvalue weighted by atomic mass is 10.1. The molecule has 0 radical (unpaired) electrons. The minimum Gasteiger partial charge on any atom is -0.335 e. The van der Waals surface area contributed by atoms with Gasteiger partial charge in [0.1, 0.15) is 0 Å². The number of carbonyl (C=O) groups is 1. The summed E-state index contributed by atoms with van der Waals surface area (Å²) in [6.07, 6.45) is 6.71. The molecule has 4 heteroatoms. The normalized spacial score (nSPS) is 24.5. The van der Waals surface area contributed by atoms with Gasteiger partial charge in [-0.2, -0.15) is 0 Å². The van der Waals surface area contributed by atoms with Crippen molar-refractivity contribution in [1.82, 2.24) is 10.2 Å². The van der Waals surface area contributed by atoms with Crippen LogP contribution in [0.1, 0.15) is 38.5 Å². The van der Waals surface area contributed by atoms with Crippen molar-refractivity contribution >= 4 is 6.03 Å². The van der Waals surface area contributed by atoms with Crippen LogP contribution in [0.2, 0.25) is 0 Å². The highest BCUT2D eigenvalue weighted by molar-refractivity contribution is 5.74. The minimum absolute atomic E-state index is 0.119. The van der Waals surface area contributed by atoms with Gasteiger partial charge in [-0.15, -0.1) is 0 Å². The fraction of sp³-hybridized carbons (Fsp3) is 0.909. The molecule has 0 bridgehead atoms. The first-order valence-electron chi connectivity index (χ1n) is 6.07. The molecule has 0 spiro atoms. The molecule has 0 aromatic carbocycles. The lowest BCUT2D eigenvalue weighted by molar-refractivity contribution is 0.178. The maximum Gasteiger partial charge on any atom is 0.317 e. The van der Waals surface area contributed by atoms with Gasteiger partial charge in [-0.1, -0.05) is 12.8 Å². The maximum absolute atomic E-state index is 11.8. The van der Waals surface area contributed by atoms with Crippen molar-refractivity contribution in [2.24, 2.45) is 5.73 Å². The topological polar surface area (TPSA) is 58.4 Å². The van der Waals surface area contributed by atoms with Crippen LogP contribution in [0.4, 0.5) is 4.79 Å². The average molecular weight is 211 g/mol. The van der Waals surface area contributed by atoms with Crippen LogP contribution in [0.5, 0.6) is 0 Å². The van der Waals surface area contributed by atoms with Gasteiger partial charge < -0.3 is 16.0 Å². The highest BCUT2D eigenvalue weighted by atomic mass is 16.2. The Hall–Kier alpha value is -0.770. The predicted molar refractivity (Wildman–Crippen MR) is 59.6 cm³/mol. The zero-order chi connectivity index (χ0) is 10.7. The molecule has 4 nitrogen and oxygen atoms in total. The molecule has 1 saturated carbocycles. The number of nitrogens with zero attached hydrogens (tertiary/aromatic N) is 1. The number of likely N-dealkylation sites (tertiary alicyclic amines) is 1. The van der Waals surface area contributed by atoms with E-state index in [-0.39, 0.29) is 6.03 Å². The Kier molecular flexibility index (Phi) is 3.46. The Morgan fingerprint density at radius 2 is 1.73 bits per heavy atom. The highest BCUT2D eigenvalue weighted by Gasteiger charge is 2.23. The van der Waals surface area contributed by atoms with Gasteiger partial charge in [0.15, 0.2) is 0 Å². The number of rotatable bonds is 1. The summed E-state index contributed by atoms with van der Waals surface area (Å²) in [7, 11) is 0. The van der Waals surface area contributed by atoms with E-state index in [4.69, 9.17) is 5.73 Å². The molecule has 1 aliphatic heterocycles. The Morgan fingerprint density at radius 1 is 1.13 bits per heavy atom. The standard InChI is InChI=1S/C11H21N3O/c12-9-5-7-14(8-6-9)11(15)13-10-3-1-2-4-10/h9-10H,1-8,12H2,(H,13,15). The van der Waals surface area contributed by atoms with Crippen LogP contribution in [0.15, 0.2) is 0 Å². The third kappa shape index (κ3) is 2.84. The predicted octanol–water partition coefficient (Wildman–Crippen LogP) is 1.06.